The number of carbonyl (C=O) groups is 1. The smallest absolute Gasteiger partial charge is 0.265 e. The Morgan fingerprint density at radius 1 is 1.06 bits per heavy atom. The van der Waals surface area contributed by atoms with E-state index in [2.05, 4.69) is 4.98 Å². The van der Waals surface area contributed by atoms with Gasteiger partial charge in [-0.3, -0.25) is 9.10 Å². The maximum absolute atomic E-state index is 13.5. The molecule has 3 heterocycles. The van der Waals surface area contributed by atoms with E-state index in [9.17, 15) is 13.2 Å². The number of hydrogen-bond acceptors (Lipinski definition) is 5. The first-order valence-corrected chi connectivity index (χ1v) is 13.4. The highest BCUT2D eigenvalue weighted by Gasteiger charge is 2.29. The third-order valence-electron chi connectivity index (χ3n) is 6.38. The maximum atomic E-state index is 13.5. The van der Waals surface area contributed by atoms with Crippen LogP contribution in [0.1, 0.15) is 45.9 Å². The molecule has 1 aliphatic rings. The van der Waals surface area contributed by atoms with Gasteiger partial charge in [-0.15, -0.1) is 11.3 Å². The van der Waals surface area contributed by atoms with Crippen LogP contribution in [0.3, 0.4) is 0 Å². The lowest BCUT2D eigenvalue weighted by Gasteiger charge is -2.26. The van der Waals surface area contributed by atoms with Gasteiger partial charge >= 0.3 is 0 Å². The second-order valence-corrected chi connectivity index (χ2v) is 11.6. The van der Waals surface area contributed by atoms with Gasteiger partial charge < -0.3 is 9.47 Å². The summed E-state index contributed by atoms with van der Waals surface area (Å²) in [5.74, 6) is 0.0221. The van der Waals surface area contributed by atoms with Crippen LogP contribution in [-0.2, 0) is 17.1 Å². The number of likely N-dealkylation sites (tertiary alicyclic amines) is 1. The summed E-state index contributed by atoms with van der Waals surface area (Å²) in [5.41, 5.74) is 3.67. The lowest BCUT2D eigenvalue weighted by Crippen LogP contribution is -2.35. The molecule has 0 bridgehead atoms. The van der Waals surface area contributed by atoms with Crippen LogP contribution >= 0.6 is 11.3 Å². The van der Waals surface area contributed by atoms with Crippen LogP contribution in [0.2, 0.25) is 0 Å². The number of amides is 1. The maximum Gasteiger partial charge on any atom is 0.265 e. The van der Waals surface area contributed by atoms with Gasteiger partial charge in [0, 0.05) is 32.9 Å². The minimum Gasteiger partial charge on any atom is -0.345 e. The lowest BCUT2D eigenvalue weighted by molar-refractivity contribution is 0.0728. The summed E-state index contributed by atoms with van der Waals surface area (Å²) < 4.78 is 30.1. The van der Waals surface area contributed by atoms with Gasteiger partial charge in [-0.25, -0.2) is 13.4 Å². The molecule has 1 amide bonds. The molecule has 0 N–H and O–H groups in total. The van der Waals surface area contributed by atoms with Crippen molar-refractivity contribution in [3.63, 3.8) is 0 Å². The molecule has 0 atom stereocenters. The van der Waals surface area contributed by atoms with Crippen molar-refractivity contribution < 1.29 is 13.2 Å². The predicted octanol–water partition coefficient (Wildman–Crippen LogP) is 4.53. The number of rotatable bonds is 5. The number of nitrogens with zero attached hydrogens (tertiary/aromatic N) is 4. The SMILES string of the molecule is Cc1ccc(N(C)S(=O)(=O)c2cc(-c3nc(C)c(C(=O)N4CCCCC4)s3)n(C)c2C)cc1. The highest BCUT2D eigenvalue weighted by atomic mass is 32.2. The zero-order valence-corrected chi connectivity index (χ0v) is 21.4. The number of sulfonamides is 1. The average Bonchev–Trinajstić information content (AvgIpc) is 3.33. The van der Waals surface area contributed by atoms with Gasteiger partial charge in [0.25, 0.3) is 15.9 Å². The molecule has 0 spiro atoms. The van der Waals surface area contributed by atoms with Crippen molar-refractivity contribution in [2.45, 2.75) is 44.9 Å². The van der Waals surface area contributed by atoms with E-state index in [0.717, 1.165) is 37.9 Å². The number of hydrogen-bond donors (Lipinski definition) is 0. The topological polar surface area (TPSA) is 75.5 Å². The fourth-order valence-corrected chi connectivity index (χ4v) is 6.67. The van der Waals surface area contributed by atoms with Gasteiger partial charge in [-0.2, -0.15) is 0 Å². The van der Waals surface area contributed by atoms with Crippen molar-refractivity contribution in [1.29, 1.82) is 0 Å². The van der Waals surface area contributed by atoms with Crippen LogP contribution in [0.25, 0.3) is 10.7 Å². The van der Waals surface area contributed by atoms with Gasteiger partial charge in [-0.05, 0) is 58.2 Å². The molecule has 0 aliphatic carbocycles. The van der Waals surface area contributed by atoms with E-state index in [4.69, 9.17) is 0 Å². The molecule has 0 saturated carbocycles. The van der Waals surface area contributed by atoms with Gasteiger partial charge in [-0.1, -0.05) is 17.7 Å². The summed E-state index contributed by atoms with van der Waals surface area (Å²) in [5, 5.41) is 0.651. The van der Waals surface area contributed by atoms with E-state index in [-0.39, 0.29) is 10.8 Å². The van der Waals surface area contributed by atoms with Crippen LogP contribution in [0, 0.1) is 20.8 Å². The Bertz CT molecular complexity index is 1280. The van der Waals surface area contributed by atoms with E-state index in [1.807, 2.05) is 42.5 Å². The molecule has 1 saturated heterocycles. The fraction of sp³-hybridized carbons (Fsp3) is 0.417. The van der Waals surface area contributed by atoms with Crippen molar-refractivity contribution in [2.24, 2.45) is 7.05 Å². The predicted molar refractivity (Wildman–Crippen MR) is 133 cm³/mol. The molecule has 1 aliphatic heterocycles. The Kier molecular flexibility index (Phi) is 6.37. The van der Waals surface area contributed by atoms with E-state index in [1.54, 1.807) is 32.2 Å². The summed E-state index contributed by atoms with van der Waals surface area (Å²) in [6.07, 6.45) is 3.22. The lowest BCUT2D eigenvalue weighted by atomic mass is 10.1. The molecule has 176 valence electrons. The minimum atomic E-state index is -3.77. The minimum absolute atomic E-state index is 0.0221. The summed E-state index contributed by atoms with van der Waals surface area (Å²) in [4.78, 5) is 20.5. The zero-order valence-electron chi connectivity index (χ0n) is 19.8. The Hall–Kier alpha value is -2.65. The van der Waals surface area contributed by atoms with E-state index in [0.29, 0.717) is 32.7 Å². The normalized spacial score (nSPS) is 14.5. The van der Waals surface area contributed by atoms with Crippen LogP contribution in [0.15, 0.2) is 35.2 Å². The summed E-state index contributed by atoms with van der Waals surface area (Å²) in [7, 11) is -0.372. The van der Waals surface area contributed by atoms with Crippen molar-refractivity contribution in [3.8, 4) is 10.7 Å². The molecule has 3 aromatic rings. The Morgan fingerprint density at radius 3 is 2.33 bits per heavy atom. The zero-order chi connectivity index (χ0) is 23.9. The number of aryl methyl sites for hydroxylation is 2. The monoisotopic (exact) mass is 486 g/mol. The Morgan fingerprint density at radius 2 is 1.70 bits per heavy atom. The molecule has 0 radical (unpaired) electrons. The van der Waals surface area contributed by atoms with Crippen LogP contribution in [-0.4, -0.2) is 48.9 Å². The molecule has 33 heavy (non-hydrogen) atoms. The molecule has 7 nitrogen and oxygen atoms in total. The van der Waals surface area contributed by atoms with Crippen molar-refractivity contribution in [3.05, 3.63) is 52.2 Å². The highest BCUT2D eigenvalue weighted by molar-refractivity contribution is 7.92. The first kappa shape index (κ1) is 23.5. The molecule has 1 fully saturated rings. The molecular weight excluding hydrogens is 456 g/mol. The van der Waals surface area contributed by atoms with Crippen molar-refractivity contribution >= 4 is 33.0 Å². The molecule has 2 aromatic heterocycles. The quantitative estimate of drug-likeness (QED) is 0.531. The van der Waals surface area contributed by atoms with Gasteiger partial charge in [0.15, 0.2) is 0 Å². The first-order chi connectivity index (χ1) is 15.6. The van der Waals surface area contributed by atoms with Crippen LogP contribution in [0.4, 0.5) is 5.69 Å². The summed E-state index contributed by atoms with van der Waals surface area (Å²) >= 11 is 1.34. The van der Waals surface area contributed by atoms with E-state index >= 15 is 0 Å². The Balaban J connectivity index is 1.69. The second kappa shape index (κ2) is 8.95. The van der Waals surface area contributed by atoms with Crippen LogP contribution in [0.5, 0.6) is 0 Å². The van der Waals surface area contributed by atoms with Crippen molar-refractivity contribution in [2.75, 3.05) is 24.4 Å². The number of thiazole rings is 1. The number of benzene rings is 1. The molecule has 1 aromatic carbocycles. The standard InChI is InChI=1S/C24H30N4O3S2/c1-16-9-11-19(12-10-16)27(5)33(30,31)21-15-20(26(4)18(21)3)23-25-17(2)22(32-23)24(29)28-13-7-6-8-14-28/h9-12,15H,6-8,13-14H2,1-5H3. The molecule has 4 rings (SSSR count). The largest absolute Gasteiger partial charge is 0.345 e. The number of anilines is 1. The first-order valence-electron chi connectivity index (χ1n) is 11.1. The number of carbonyl (C=O) groups excluding carboxylic acids is 1. The second-order valence-electron chi connectivity index (χ2n) is 8.63. The Labute approximate surface area is 199 Å². The number of aromatic nitrogens is 2. The van der Waals surface area contributed by atoms with Crippen LogP contribution < -0.4 is 4.31 Å². The van der Waals surface area contributed by atoms with Gasteiger partial charge in [0.05, 0.1) is 17.1 Å². The molecule has 9 heteroatoms. The van der Waals surface area contributed by atoms with E-state index in [1.165, 1.54) is 15.6 Å². The van der Waals surface area contributed by atoms with E-state index < -0.39 is 10.0 Å². The summed E-state index contributed by atoms with van der Waals surface area (Å²) in [6, 6.07) is 9.06. The molecular formula is C24H30N4O3S2. The van der Waals surface area contributed by atoms with Gasteiger partial charge in [0.2, 0.25) is 0 Å². The fourth-order valence-electron chi connectivity index (χ4n) is 4.12. The third-order valence-corrected chi connectivity index (χ3v) is 9.45. The summed E-state index contributed by atoms with van der Waals surface area (Å²) in [6.45, 7) is 7.16. The van der Waals surface area contributed by atoms with Crippen molar-refractivity contribution in [1.82, 2.24) is 14.5 Å². The van der Waals surface area contributed by atoms with Gasteiger partial charge in [0.1, 0.15) is 14.8 Å². The number of piperidine rings is 1. The average molecular weight is 487 g/mol. The molecule has 0 unspecified atom stereocenters. The highest BCUT2D eigenvalue weighted by Crippen LogP contribution is 2.34. The third kappa shape index (κ3) is 4.31.